The zero-order chi connectivity index (χ0) is 22.8. The number of anilines is 1. The Balaban J connectivity index is 1.48. The number of methoxy groups -OCH3 is 1. The molecule has 1 aliphatic heterocycles. The largest absolute Gasteiger partial charge is 0.497 e. The van der Waals surface area contributed by atoms with Crippen molar-refractivity contribution in [1.82, 2.24) is 24.9 Å². The maximum absolute atomic E-state index is 13.4. The third kappa shape index (κ3) is 4.45. The van der Waals surface area contributed by atoms with Crippen LogP contribution in [-0.2, 0) is 11.3 Å². The molecule has 0 radical (unpaired) electrons. The SMILES string of the molecule is COc1cccc(NC(=O)N(Cc2cc3cc(C)ccc3n3nnnc23)CC2CCCO2)c1. The van der Waals surface area contributed by atoms with Gasteiger partial charge in [0.1, 0.15) is 5.75 Å². The summed E-state index contributed by atoms with van der Waals surface area (Å²) in [7, 11) is 1.60. The second-order valence-electron chi connectivity index (χ2n) is 8.32. The number of benzene rings is 2. The van der Waals surface area contributed by atoms with Gasteiger partial charge in [0.15, 0.2) is 5.65 Å². The number of nitrogens with one attached hydrogen (secondary N) is 1. The zero-order valence-corrected chi connectivity index (χ0v) is 18.7. The second kappa shape index (κ2) is 9.03. The van der Waals surface area contributed by atoms with Crippen LogP contribution < -0.4 is 10.1 Å². The van der Waals surface area contributed by atoms with Crippen molar-refractivity contribution in [3.05, 3.63) is 59.7 Å². The van der Waals surface area contributed by atoms with Crippen molar-refractivity contribution in [3.63, 3.8) is 0 Å². The molecule has 0 aliphatic carbocycles. The van der Waals surface area contributed by atoms with Gasteiger partial charge in [0.2, 0.25) is 0 Å². The summed E-state index contributed by atoms with van der Waals surface area (Å²) in [4.78, 5) is 15.1. The summed E-state index contributed by atoms with van der Waals surface area (Å²) in [5, 5.41) is 16.3. The molecule has 0 bridgehead atoms. The lowest BCUT2D eigenvalue weighted by atomic mass is 10.1. The molecule has 3 heterocycles. The van der Waals surface area contributed by atoms with E-state index in [-0.39, 0.29) is 12.1 Å². The van der Waals surface area contributed by atoms with Crippen LogP contribution >= 0.6 is 0 Å². The maximum atomic E-state index is 13.4. The molecule has 5 rings (SSSR count). The number of nitrogens with zero attached hydrogens (tertiary/aromatic N) is 5. The molecule has 1 unspecified atom stereocenters. The lowest BCUT2D eigenvalue weighted by molar-refractivity contribution is 0.0820. The van der Waals surface area contributed by atoms with Gasteiger partial charge in [0.05, 0.1) is 25.3 Å². The average Bonchev–Trinajstić information content (AvgIpc) is 3.51. The molecular formula is C24H26N6O3. The van der Waals surface area contributed by atoms with Crippen LogP contribution in [0, 0.1) is 6.92 Å². The lowest BCUT2D eigenvalue weighted by Crippen LogP contribution is -2.39. The molecule has 2 aromatic heterocycles. The van der Waals surface area contributed by atoms with E-state index < -0.39 is 0 Å². The van der Waals surface area contributed by atoms with Crippen LogP contribution in [0.1, 0.15) is 24.0 Å². The predicted octanol–water partition coefficient (Wildman–Crippen LogP) is 3.81. The molecule has 9 heteroatoms. The van der Waals surface area contributed by atoms with Gasteiger partial charge in [-0.05, 0) is 60.5 Å². The highest BCUT2D eigenvalue weighted by atomic mass is 16.5. The van der Waals surface area contributed by atoms with E-state index in [1.54, 1.807) is 22.6 Å². The summed E-state index contributed by atoms with van der Waals surface area (Å²) in [5.74, 6) is 0.680. The van der Waals surface area contributed by atoms with Crippen molar-refractivity contribution in [2.75, 3.05) is 25.6 Å². The minimum Gasteiger partial charge on any atom is -0.497 e. The molecule has 2 aromatic carbocycles. The fraction of sp³-hybridized carbons (Fsp3) is 0.333. The highest BCUT2D eigenvalue weighted by Gasteiger charge is 2.24. The predicted molar refractivity (Wildman–Crippen MR) is 124 cm³/mol. The van der Waals surface area contributed by atoms with Gasteiger partial charge < -0.3 is 19.7 Å². The van der Waals surface area contributed by atoms with E-state index in [0.717, 1.165) is 41.5 Å². The Morgan fingerprint density at radius 1 is 1.27 bits per heavy atom. The smallest absolute Gasteiger partial charge is 0.322 e. The van der Waals surface area contributed by atoms with Gasteiger partial charge in [-0.25, -0.2) is 4.79 Å². The molecular weight excluding hydrogens is 420 g/mol. The van der Waals surface area contributed by atoms with Crippen molar-refractivity contribution in [2.24, 2.45) is 0 Å². The minimum atomic E-state index is -0.214. The van der Waals surface area contributed by atoms with E-state index in [1.807, 2.05) is 37.3 Å². The number of aromatic nitrogens is 4. The summed E-state index contributed by atoms with van der Waals surface area (Å²) in [6.07, 6.45) is 1.95. The molecule has 1 saturated heterocycles. The molecule has 1 fully saturated rings. The van der Waals surface area contributed by atoms with Crippen molar-refractivity contribution >= 4 is 28.3 Å². The molecule has 4 aromatic rings. The van der Waals surface area contributed by atoms with Gasteiger partial charge in [-0.3, -0.25) is 0 Å². The van der Waals surface area contributed by atoms with Crippen LogP contribution in [0.2, 0.25) is 0 Å². The topological polar surface area (TPSA) is 93.9 Å². The molecule has 170 valence electrons. The monoisotopic (exact) mass is 446 g/mol. The Bertz CT molecular complexity index is 1300. The van der Waals surface area contributed by atoms with Gasteiger partial charge in [-0.2, -0.15) is 4.52 Å². The average molecular weight is 447 g/mol. The number of carbonyl (C=O) groups is 1. The summed E-state index contributed by atoms with van der Waals surface area (Å²) in [6.45, 7) is 3.61. The van der Waals surface area contributed by atoms with E-state index in [9.17, 15) is 4.79 Å². The van der Waals surface area contributed by atoms with Crippen LogP contribution in [0.3, 0.4) is 0 Å². The second-order valence-corrected chi connectivity index (χ2v) is 8.32. The number of aryl methyl sites for hydroxylation is 1. The first-order chi connectivity index (χ1) is 16.1. The van der Waals surface area contributed by atoms with Gasteiger partial charge in [-0.15, -0.1) is 5.10 Å². The first kappa shape index (κ1) is 21.1. The number of tetrazole rings is 1. The fourth-order valence-corrected chi connectivity index (χ4v) is 4.26. The first-order valence-electron chi connectivity index (χ1n) is 11.0. The molecule has 1 N–H and O–H groups in total. The third-order valence-corrected chi connectivity index (χ3v) is 5.92. The van der Waals surface area contributed by atoms with Gasteiger partial charge in [-0.1, -0.05) is 17.7 Å². The van der Waals surface area contributed by atoms with Crippen molar-refractivity contribution in [1.29, 1.82) is 0 Å². The van der Waals surface area contributed by atoms with Crippen LogP contribution in [0.5, 0.6) is 5.75 Å². The normalized spacial score (nSPS) is 15.8. The van der Waals surface area contributed by atoms with Crippen LogP contribution in [-0.4, -0.2) is 57.3 Å². The molecule has 33 heavy (non-hydrogen) atoms. The Labute approximate surface area is 191 Å². The summed E-state index contributed by atoms with van der Waals surface area (Å²) < 4.78 is 12.8. The minimum absolute atomic E-state index is 0.00998. The summed E-state index contributed by atoms with van der Waals surface area (Å²) in [6, 6.07) is 15.3. The number of pyridine rings is 1. The number of fused-ring (bicyclic) bond motifs is 3. The number of urea groups is 1. The van der Waals surface area contributed by atoms with Crippen molar-refractivity contribution in [2.45, 2.75) is 32.4 Å². The fourth-order valence-electron chi connectivity index (χ4n) is 4.26. The third-order valence-electron chi connectivity index (χ3n) is 5.92. The van der Waals surface area contributed by atoms with E-state index in [1.165, 1.54) is 0 Å². The van der Waals surface area contributed by atoms with E-state index in [0.29, 0.717) is 30.2 Å². The van der Waals surface area contributed by atoms with E-state index in [2.05, 4.69) is 33.0 Å². The Hall–Kier alpha value is -3.72. The van der Waals surface area contributed by atoms with Crippen molar-refractivity contribution < 1.29 is 14.3 Å². The quantitative estimate of drug-likeness (QED) is 0.484. The van der Waals surface area contributed by atoms with E-state index >= 15 is 0 Å². The molecule has 9 nitrogen and oxygen atoms in total. The summed E-state index contributed by atoms with van der Waals surface area (Å²) in [5.41, 5.74) is 4.25. The standard InChI is InChI=1S/C24H26N6O3/c1-16-8-9-22-17(11-16)12-18(23-26-27-28-30(22)23)14-29(15-21-7-4-10-33-21)24(31)25-19-5-3-6-20(13-19)32-2/h3,5-6,8-9,11-13,21H,4,7,10,14-15H2,1-2H3,(H,25,31). The highest BCUT2D eigenvalue weighted by Crippen LogP contribution is 2.24. The van der Waals surface area contributed by atoms with Crippen LogP contribution in [0.4, 0.5) is 10.5 Å². The van der Waals surface area contributed by atoms with Crippen molar-refractivity contribution in [3.8, 4) is 5.75 Å². The molecule has 0 spiro atoms. The molecule has 2 amide bonds. The van der Waals surface area contributed by atoms with Crippen LogP contribution in [0.25, 0.3) is 16.6 Å². The number of amides is 2. The van der Waals surface area contributed by atoms with Gasteiger partial charge in [0, 0.05) is 35.9 Å². The van der Waals surface area contributed by atoms with Gasteiger partial charge in [0.25, 0.3) is 0 Å². The number of hydrogen-bond acceptors (Lipinski definition) is 6. The highest BCUT2D eigenvalue weighted by molar-refractivity contribution is 5.90. The number of carbonyl (C=O) groups excluding carboxylic acids is 1. The maximum Gasteiger partial charge on any atom is 0.322 e. The Kier molecular flexibility index (Phi) is 5.78. The molecule has 1 aliphatic rings. The molecule has 1 atom stereocenters. The lowest BCUT2D eigenvalue weighted by Gasteiger charge is -2.26. The Morgan fingerprint density at radius 3 is 3.00 bits per heavy atom. The first-order valence-corrected chi connectivity index (χ1v) is 11.0. The van der Waals surface area contributed by atoms with Gasteiger partial charge >= 0.3 is 6.03 Å². The number of ether oxygens (including phenoxy) is 2. The van der Waals surface area contributed by atoms with E-state index in [4.69, 9.17) is 9.47 Å². The number of rotatable bonds is 6. The Morgan fingerprint density at radius 2 is 2.18 bits per heavy atom. The number of hydrogen-bond donors (Lipinski definition) is 1. The zero-order valence-electron chi connectivity index (χ0n) is 18.7. The summed E-state index contributed by atoms with van der Waals surface area (Å²) >= 11 is 0. The molecule has 0 saturated carbocycles. The van der Waals surface area contributed by atoms with Crippen LogP contribution in [0.15, 0.2) is 48.5 Å².